The van der Waals surface area contributed by atoms with E-state index in [0.29, 0.717) is 12.2 Å². The second-order valence-electron chi connectivity index (χ2n) is 4.05. The van der Waals surface area contributed by atoms with Crippen LogP contribution in [0.2, 0.25) is 0 Å². The van der Waals surface area contributed by atoms with Gasteiger partial charge in [-0.3, -0.25) is 0 Å². The molecule has 2 rings (SSSR count). The number of aromatic nitrogens is 1. The minimum Gasteiger partial charge on any atom is -0.493 e. The van der Waals surface area contributed by atoms with Crippen LogP contribution >= 0.6 is 11.3 Å². The van der Waals surface area contributed by atoms with E-state index < -0.39 is 0 Å². The van der Waals surface area contributed by atoms with Crippen LogP contribution in [0.3, 0.4) is 0 Å². The Morgan fingerprint density at radius 1 is 1.39 bits per heavy atom. The van der Waals surface area contributed by atoms with Gasteiger partial charge in [0.15, 0.2) is 0 Å². The average molecular weight is 258 g/mol. The van der Waals surface area contributed by atoms with Crippen LogP contribution in [0.25, 0.3) is 0 Å². The van der Waals surface area contributed by atoms with Gasteiger partial charge in [-0.2, -0.15) is 5.26 Å². The number of nitrogens with zero attached hydrogens (tertiary/aromatic N) is 2. The fourth-order valence-corrected chi connectivity index (χ4v) is 2.44. The fraction of sp³-hybridized carbons (Fsp3) is 0.286. The molecule has 0 atom stereocenters. The highest BCUT2D eigenvalue weighted by atomic mass is 32.1. The van der Waals surface area contributed by atoms with Crippen molar-refractivity contribution in [2.45, 2.75) is 20.3 Å². The van der Waals surface area contributed by atoms with Crippen LogP contribution in [0.15, 0.2) is 23.7 Å². The number of hydrogen-bond acceptors (Lipinski definition) is 4. The molecule has 0 saturated carbocycles. The van der Waals surface area contributed by atoms with Crippen molar-refractivity contribution in [2.24, 2.45) is 0 Å². The highest BCUT2D eigenvalue weighted by Crippen LogP contribution is 2.18. The summed E-state index contributed by atoms with van der Waals surface area (Å²) in [7, 11) is 0. The third kappa shape index (κ3) is 2.88. The first-order chi connectivity index (χ1) is 8.70. The van der Waals surface area contributed by atoms with Crippen molar-refractivity contribution in [1.29, 1.82) is 5.26 Å². The van der Waals surface area contributed by atoms with Gasteiger partial charge in [-0.05, 0) is 37.6 Å². The minimum atomic E-state index is 0.633. The molecule has 0 spiro atoms. The van der Waals surface area contributed by atoms with Crippen molar-refractivity contribution < 1.29 is 4.74 Å². The number of nitriles is 1. The van der Waals surface area contributed by atoms with E-state index >= 15 is 0 Å². The predicted molar refractivity (Wildman–Crippen MR) is 71.9 cm³/mol. The average Bonchev–Trinajstić information content (AvgIpc) is 2.75. The Labute approximate surface area is 111 Å². The Hall–Kier alpha value is -1.86. The number of rotatable bonds is 4. The topological polar surface area (TPSA) is 45.9 Å². The molecule has 0 aliphatic heterocycles. The minimum absolute atomic E-state index is 0.633. The highest BCUT2D eigenvalue weighted by molar-refractivity contribution is 7.09. The van der Waals surface area contributed by atoms with Crippen LogP contribution in [0.5, 0.6) is 5.75 Å². The largest absolute Gasteiger partial charge is 0.493 e. The van der Waals surface area contributed by atoms with Crippen LogP contribution in [-0.2, 0) is 6.42 Å². The lowest BCUT2D eigenvalue weighted by Gasteiger charge is -2.07. The van der Waals surface area contributed by atoms with Crippen molar-refractivity contribution in [3.63, 3.8) is 0 Å². The van der Waals surface area contributed by atoms with E-state index in [2.05, 4.69) is 11.1 Å². The first-order valence-electron chi connectivity index (χ1n) is 5.73. The van der Waals surface area contributed by atoms with Crippen molar-refractivity contribution in [1.82, 2.24) is 4.98 Å². The van der Waals surface area contributed by atoms with Gasteiger partial charge in [0.25, 0.3) is 0 Å². The Kier molecular flexibility index (Phi) is 3.96. The molecule has 1 aromatic heterocycles. The normalized spacial score (nSPS) is 10.1. The van der Waals surface area contributed by atoms with Gasteiger partial charge in [-0.25, -0.2) is 4.98 Å². The summed E-state index contributed by atoms with van der Waals surface area (Å²) in [5.74, 6) is 0.814. The monoisotopic (exact) mass is 258 g/mol. The van der Waals surface area contributed by atoms with E-state index in [-0.39, 0.29) is 0 Å². The highest BCUT2D eigenvalue weighted by Gasteiger charge is 2.03. The summed E-state index contributed by atoms with van der Waals surface area (Å²) in [6.07, 6.45) is 0.871. The molecule has 4 heteroatoms. The van der Waals surface area contributed by atoms with E-state index in [1.165, 1.54) is 4.88 Å². The van der Waals surface area contributed by atoms with Crippen molar-refractivity contribution in [3.8, 4) is 11.8 Å². The molecular formula is C14H14N2OS. The molecule has 1 heterocycles. The smallest absolute Gasteiger partial charge is 0.119 e. The van der Waals surface area contributed by atoms with Crippen LogP contribution in [0.4, 0.5) is 0 Å². The SMILES string of the molecule is Cc1cc(OCCc2scnc2C)ccc1C#N. The van der Waals surface area contributed by atoms with Crippen LogP contribution in [0.1, 0.15) is 21.7 Å². The van der Waals surface area contributed by atoms with E-state index in [1.807, 2.05) is 31.5 Å². The lowest BCUT2D eigenvalue weighted by molar-refractivity contribution is 0.322. The van der Waals surface area contributed by atoms with E-state index in [0.717, 1.165) is 23.4 Å². The molecule has 0 amide bonds. The van der Waals surface area contributed by atoms with E-state index in [4.69, 9.17) is 10.00 Å². The molecule has 0 unspecified atom stereocenters. The van der Waals surface area contributed by atoms with Gasteiger partial charge < -0.3 is 4.74 Å². The molecule has 0 bridgehead atoms. The van der Waals surface area contributed by atoms with Crippen molar-refractivity contribution in [3.05, 3.63) is 45.4 Å². The van der Waals surface area contributed by atoms with Gasteiger partial charge in [0.05, 0.1) is 29.4 Å². The van der Waals surface area contributed by atoms with E-state index in [1.54, 1.807) is 17.4 Å². The lowest BCUT2D eigenvalue weighted by Crippen LogP contribution is -2.01. The second kappa shape index (κ2) is 5.65. The van der Waals surface area contributed by atoms with Gasteiger partial charge >= 0.3 is 0 Å². The summed E-state index contributed by atoms with van der Waals surface area (Å²) in [6, 6.07) is 7.68. The Morgan fingerprint density at radius 3 is 2.83 bits per heavy atom. The molecule has 0 aliphatic carbocycles. The quantitative estimate of drug-likeness (QED) is 0.845. The zero-order valence-electron chi connectivity index (χ0n) is 10.4. The molecule has 0 saturated heterocycles. The van der Waals surface area contributed by atoms with Gasteiger partial charge in [0, 0.05) is 11.3 Å². The van der Waals surface area contributed by atoms with Gasteiger partial charge in [-0.15, -0.1) is 11.3 Å². The number of hydrogen-bond donors (Lipinski definition) is 0. The van der Waals surface area contributed by atoms with Gasteiger partial charge in [0.2, 0.25) is 0 Å². The summed E-state index contributed by atoms with van der Waals surface area (Å²) < 4.78 is 5.68. The molecule has 0 radical (unpaired) electrons. The molecule has 0 N–H and O–H groups in total. The third-order valence-electron chi connectivity index (χ3n) is 2.76. The van der Waals surface area contributed by atoms with E-state index in [9.17, 15) is 0 Å². The molecule has 92 valence electrons. The molecule has 0 aliphatic rings. The number of benzene rings is 1. The third-order valence-corrected chi connectivity index (χ3v) is 3.76. The Bertz CT molecular complexity index is 584. The second-order valence-corrected chi connectivity index (χ2v) is 4.99. The molecule has 18 heavy (non-hydrogen) atoms. The maximum Gasteiger partial charge on any atom is 0.119 e. The predicted octanol–water partition coefficient (Wildman–Crippen LogP) is 3.25. The van der Waals surface area contributed by atoms with Crippen molar-refractivity contribution in [2.75, 3.05) is 6.61 Å². The standard InChI is InChI=1S/C14H14N2OS/c1-10-7-13(4-3-12(10)8-15)17-6-5-14-11(2)16-9-18-14/h3-4,7,9H,5-6H2,1-2H3. The molecular weight excluding hydrogens is 244 g/mol. The first-order valence-corrected chi connectivity index (χ1v) is 6.61. The summed E-state index contributed by atoms with van der Waals surface area (Å²) in [5, 5.41) is 8.84. The number of ether oxygens (including phenoxy) is 1. The molecule has 3 nitrogen and oxygen atoms in total. The zero-order chi connectivity index (χ0) is 13.0. The summed E-state index contributed by atoms with van der Waals surface area (Å²) in [4.78, 5) is 5.47. The first kappa shape index (κ1) is 12.6. The fourth-order valence-electron chi connectivity index (χ4n) is 1.68. The molecule has 0 fully saturated rings. The van der Waals surface area contributed by atoms with Crippen LogP contribution in [0, 0.1) is 25.2 Å². The Balaban J connectivity index is 1.93. The summed E-state index contributed by atoms with van der Waals surface area (Å²) >= 11 is 1.66. The lowest BCUT2D eigenvalue weighted by atomic mass is 10.1. The number of aryl methyl sites for hydroxylation is 2. The zero-order valence-corrected chi connectivity index (χ0v) is 11.3. The maximum atomic E-state index is 8.84. The van der Waals surface area contributed by atoms with Gasteiger partial charge in [-0.1, -0.05) is 0 Å². The summed E-state index contributed by atoms with van der Waals surface area (Å²) in [5.41, 5.74) is 4.58. The molecule has 1 aromatic carbocycles. The maximum absolute atomic E-state index is 8.84. The number of thiazole rings is 1. The van der Waals surface area contributed by atoms with Crippen LogP contribution in [-0.4, -0.2) is 11.6 Å². The Morgan fingerprint density at radius 2 is 2.22 bits per heavy atom. The van der Waals surface area contributed by atoms with Crippen molar-refractivity contribution >= 4 is 11.3 Å². The summed E-state index contributed by atoms with van der Waals surface area (Å²) in [6.45, 7) is 4.56. The molecule has 2 aromatic rings. The van der Waals surface area contributed by atoms with Crippen LogP contribution < -0.4 is 4.74 Å². The van der Waals surface area contributed by atoms with Gasteiger partial charge in [0.1, 0.15) is 5.75 Å².